The highest BCUT2D eigenvalue weighted by atomic mass is 32.2. The number of rotatable bonds is 6. The third-order valence-electron chi connectivity index (χ3n) is 3.00. The molecule has 1 rings (SSSR count). The van der Waals surface area contributed by atoms with Crippen molar-refractivity contribution in [3.63, 3.8) is 0 Å². The molecule has 0 aliphatic heterocycles. The van der Waals surface area contributed by atoms with Gasteiger partial charge in [0.05, 0.1) is 12.8 Å². The second kappa shape index (κ2) is 6.80. The number of carboxylic acid groups (broad SMARTS) is 1. The number of carboxylic acids is 1. The molecule has 0 spiro atoms. The van der Waals surface area contributed by atoms with Crippen LogP contribution in [0.1, 0.15) is 30.7 Å². The zero-order valence-electron chi connectivity index (χ0n) is 12.1. The predicted octanol–water partition coefficient (Wildman–Crippen LogP) is 3.05. The van der Waals surface area contributed by atoms with E-state index in [1.54, 1.807) is 13.3 Å². The molecule has 0 amide bonds. The Morgan fingerprint density at radius 2 is 2.11 bits per heavy atom. The molecule has 0 saturated carbocycles. The molecule has 1 unspecified atom stereocenters. The minimum absolute atomic E-state index is 0.0927. The van der Waals surface area contributed by atoms with Gasteiger partial charge in [0.25, 0.3) is 0 Å². The summed E-state index contributed by atoms with van der Waals surface area (Å²) in [5, 5.41) is 8.76. The smallest absolute Gasteiger partial charge is 0.316 e. The van der Waals surface area contributed by atoms with Crippen molar-refractivity contribution in [1.29, 1.82) is 0 Å². The third kappa shape index (κ3) is 3.86. The second-order valence-corrected chi connectivity index (χ2v) is 5.99. The maximum atomic E-state index is 11.2. The van der Waals surface area contributed by atoms with Crippen LogP contribution in [0, 0.1) is 19.8 Å². The molecule has 0 saturated heterocycles. The molecule has 4 nitrogen and oxygen atoms in total. The Hall–Kier alpha value is -1.23. The monoisotopic (exact) mass is 283 g/mol. The summed E-state index contributed by atoms with van der Waals surface area (Å²) in [7, 11) is 1.64. The van der Waals surface area contributed by atoms with Crippen molar-refractivity contribution in [3.8, 4) is 5.75 Å². The van der Waals surface area contributed by atoms with Crippen molar-refractivity contribution >= 4 is 17.7 Å². The molecule has 0 aliphatic carbocycles. The third-order valence-corrected chi connectivity index (χ3v) is 4.54. The van der Waals surface area contributed by atoms with Crippen LogP contribution in [0.4, 0.5) is 0 Å². The van der Waals surface area contributed by atoms with E-state index in [1.165, 1.54) is 11.8 Å². The van der Waals surface area contributed by atoms with Crippen LogP contribution in [-0.4, -0.2) is 28.4 Å². The first-order chi connectivity index (χ1) is 8.88. The van der Waals surface area contributed by atoms with Gasteiger partial charge in [0, 0.05) is 23.1 Å². The van der Waals surface area contributed by atoms with Gasteiger partial charge in [-0.2, -0.15) is 0 Å². The van der Waals surface area contributed by atoms with Crippen LogP contribution in [0.15, 0.2) is 6.20 Å². The number of aryl methyl sites for hydroxylation is 1. The molecule has 19 heavy (non-hydrogen) atoms. The molecule has 5 heteroatoms. The van der Waals surface area contributed by atoms with Crippen molar-refractivity contribution in [2.75, 3.05) is 7.11 Å². The summed E-state index contributed by atoms with van der Waals surface area (Å²) in [6, 6.07) is 0. The first kappa shape index (κ1) is 15.8. The van der Waals surface area contributed by atoms with Gasteiger partial charge in [0.1, 0.15) is 11.0 Å². The average molecular weight is 283 g/mol. The maximum Gasteiger partial charge on any atom is 0.316 e. The summed E-state index contributed by atoms with van der Waals surface area (Å²) in [6.07, 6.45) is 1.77. The molecule has 1 heterocycles. The zero-order chi connectivity index (χ0) is 14.6. The average Bonchev–Trinajstić information content (AvgIpc) is 2.31. The van der Waals surface area contributed by atoms with Gasteiger partial charge in [-0.1, -0.05) is 13.8 Å². The van der Waals surface area contributed by atoms with Crippen LogP contribution in [0.25, 0.3) is 0 Å². The van der Waals surface area contributed by atoms with Gasteiger partial charge in [-0.05, 0) is 19.8 Å². The van der Waals surface area contributed by atoms with E-state index in [-0.39, 0.29) is 5.92 Å². The molecule has 0 bridgehead atoms. The number of ether oxygens (including phenoxy) is 1. The van der Waals surface area contributed by atoms with Gasteiger partial charge in [-0.15, -0.1) is 11.8 Å². The SMILES string of the molecule is COc1c(C)cnc(CSC(C(=O)O)C(C)C)c1C. The number of thioether (sulfide) groups is 1. The number of hydrogen-bond donors (Lipinski definition) is 1. The van der Waals surface area contributed by atoms with Gasteiger partial charge in [-0.3, -0.25) is 9.78 Å². The van der Waals surface area contributed by atoms with E-state index in [2.05, 4.69) is 4.98 Å². The Bertz CT molecular complexity index is 460. The standard InChI is InChI=1S/C14H21NO3S/c1-8(2)13(14(16)17)19-7-11-10(4)12(18-5)9(3)6-15-11/h6,8,13H,7H2,1-5H3,(H,16,17). The van der Waals surface area contributed by atoms with Crippen molar-refractivity contribution in [2.24, 2.45) is 5.92 Å². The van der Waals surface area contributed by atoms with Crippen molar-refractivity contribution in [3.05, 3.63) is 23.0 Å². The van der Waals surface area contributed by atoms with Gasteiger partial charge >= 0.3 is 5.97 Å². The van der Waals surface area contributed by atoms with E-state index in [9.17, 15) is 4.79 Å². The summed E-state index contributed by atoms with van der Waals surface area (Å²) in [4.78, 5) is 15.5. The van der Waals surface area contributed by atoms with Crippen LogP contribution in [0.2, 0.25) is 0 Å². The molecule has 0 aromatic carbocycles. The second-order valence-electron chi connectivity index (χ2n) is 4.86. The number of nitrogens with zero attached hydrogens (tertiary/aromatic N) is 1. The number of carbonyl (C=O) groups is 1. The van der Waals surface area contributed by atoms with Gasteiger partial charge in [-0.25, -0.2) is 0 Å². The summed E-state index contributed by atoms with van der Waals surface area (Å²) in [5.41, 5.74) is 2.87. The Labute approximate surface area is 118 Å². The highest BCUT2D eigenvalue weighted by Crippen LogP contribution is 2.29. The van der Waals surface area contributed by atoms with E-state index in [4.69, 9.17) is 9.84 Å². The molecule has 1 aromatic rings. The number of hydrogen-bond acceptors (Lipinski definition) is 4. The quantitative estimate of drug-likeness (QED) is 0.869. The van der Waals surface area contributed by atoms with Crippen LogP contribution in [0.5, 0.6) is 5.75 Å². The van der Waals surface area contributed by atoms with Crippen molar-refractivity contribution < 1.29 is 14.6 Å². The van der Waals surface area contributed by atoms with Crippen LogP contribution in [0.3, 0.4) is 0 Å². The number of aromatic nitrogens is 1. The summed E-state index contributed by atoms with van der Waals surface area (Å²) >= 11 is 1.41. The Morgan fingerprint density at radius 1 is 1.47 bits per heavy atom. The molecule has 0 aliphatic rings. The fourth-order valence-corrected chi connectivity index (χ4v) is 3.09. The molecule has 1 aromatic heterocycles. The molecule has 0 radical (unpaired) electrons. The first-order valence-electron chi connectivity index (χ1n) is 6.22. The van der Waals surface area contributed by atoms with Gasteiger partial charge < -0.3 is 9.84 Å². The normalized spacial score (nSPS) is 12.5. The molecular weight excluding hydrogens is 262 g/mol. The fraction of sp³-hybridized carbons (Fsp3) is 0.571. The van der Waals surface area contributed by atoms with Crippen molar-refractivity contribution in [1.82, 2.24) is 4.98 Å². The summed E-state index contributed by atoms with van der Waals surface area (Å²) in [5.74, 6) is 0.742. The van der Waals surface area contributed by atoms with Crippen molar-refractivity contribution in [2.45, 2.75) is 38.7 Å². The maximum absolute atomic E-state index is 11.2. The van der Waals surface area contributed by atoms with Crippen LogP contribution in [-0.2, 0) is 10.5 Å². The lowest BCUT2D eigenvalue weighted by atomic mass is 10.1. The highest BCUT2D eigenvalue weighted by Gasteiger charge is 2.22. The van der Waals surface area contributed by atoms with E-state index in [0.717, 1.165) is 22.6 Å². The first-order valence-corrected chi connectivity index (χ1v) is 7.26. The van der Waals surface area contributed by atoms with Gasteiger partial charge in [0.2, 0.25) is 0 Å². The summed E-state index contributed by atoms with van der Waals surface area (Å²) < 4.78 is 5.35. The number of aliphatic carboxylic acids is 1. The van der Waals surface area contributed by atoms with E-state index < -0.39 is 11.2 Å². The lowest BCUT2D eigenvalue weighted by Crippen LogP contribution is -2.22. The van der Waals surface area contributed by atoms with Gasteiger partial charge in [0.15, 0.2) is 0 Å². The van der Waals surface area contributed by atoms with Crippen LogP contribution >= 0.6 is 11.8 Å². The topological polar surface area (TPSA) is 59.4 Å². The summed E-state index contributed by atoms with van der Waals surface area (Å²) in [6.45, 7) is 7.74. The lowest BCUT2D eigenvalue weighted by Gasteiger charge is -2.17. The number of methoxy groups -OCH3 is 1. The van der Waals surface area contributed by atoms with E-state index >= 15 is 0 Å². The minimum Gasteiger partial charge on any atom is -0.496 e. The Balaban J connectivity index is 2.86. The molecule has 1 N–H and O–H groups in total. The fourth-order valence-electron chi connectivity index (χ4n) is 1.93. The minimum atomic E-state index is -0.767. The molecular formula is C14H21NO3S. The lowest BCUT2D eigenvalue weighted by molar-refractivity contribution is -0.137. The predicted molar refractivity (Wildman–Crippen MR) is 77.8 cm³/mol. The molecule has 1 atom stereocenters. The van der Waals surface area contributed by atoms with E-state index in [1.807, 2.05) is 27.7 Å². The van der Waals surface area contributed by atoms with Crippen LogP contribution < -0.4 is 4.74 Å². The number of pyridine rings is 1. The molecule has 106 valence electrons. The highest BCUT2D eigenvalue weighted by molar-refractivity contribution is 7.99. The molecule has 0 fully saturated rings. The Morgan fingerprint density at radius 3 is 2.58 bits per heavy atom. The largest absolute Gasteiger partial charge is 0.496 e. The Kier molecular flexibility index (Phi) is 5.66. The zero-order valence-corrected chi connectivity index (χ0v) is 12.9. The van der Waals surface area contributed by atoms with E-state index in [0.29, 0.717) is 5.75 Å².